The molecule has 1 radical (unpaired) electrons. The highest BCUT2D eigenvalue weighted by molar-refractivity contribution is 5.93. The first-order valence-corrected chi connectivity index (χ1v) is 8.15. The van der Waals surface area contributed by atoms with Gasteiger partial charge in [-0.15, -0.1) is 0 Å². The summed E-state index contributed by atoms with van der Waals surface area (Å²) in [6, 6.07) is 0.0269. The van der Waals surface area contributed by atoms with Gasteiger partial charge in [0.15, 0.2) is 0 Å². The van der Waals surface area contributed by atoms with Gasteiger partial charge < -0.3 is 4.74 Å². The molecule has 0 heterocycles. The highest BCUT2D eigenvalue weighted by atomic mass is 16.6. The van der Waals surface area contributed by atoms with Gasteiger partial charge >= 0.3 is 6.09 Å². The number of amides is 2. The van der Waals surface area contributed by atoms with Crippen LogP contribution in [0.5, 0.6) is 0 Å². The maximum Gasteiger partial charge on any atom is 0.417 e. The Bertz CT molecular complexity index is 368. The first-order chi connectivity index (χ1) is 10.2. The molecule has 0 aromatic rings. The summed E-state index contributed by atoms with van der Waals surface area (Å²) < 4.78 is 5.11. The van der Waals surface area contributed by atoms with E-state index in [1.807, 2.05) is 0 Å². The number of hydrogen-bond acceptors (Lipinski definition) is 3. The number of carbonyl (C=O) groups is 2. The molecule has 0 spiro atoms. The van der Waals surface area contributed by atoms with E-state index in [0.717, 1.165) is 38.5 Å². The van der Waals surface area contributed by atoms with Gasteiger partial charge in [-0.05, 0) is 31.6 Å². The molecular weight excluding hydrogens is 266 g/mol. The van der Waals surface area contributed by atoms with Crippen LogP contribution < -0.4 is 0 Å². The molecule has 2 rings (SSSR count). The van der Waals surface area contributed by atoms with E-state index in [4.69, 9.17) is 4.74 Å². The molecule has 2 fully saturated rings. The Morgan fingerprint density at radius 3 is 2.43 bits per heavy atom. The van der Waals surface area contributed by atoms with E-state index in [-0.39, 0.29) is 18.6 Å². The van der Waals surface area contributed by atoms with Gasteiger partial charge in [-0.2, -0.15) is 0 Å². The van der Waals surface area contributed by atoms with Gasteiger partial charge in [0.1, 0.15) is 6.61 Å². The Labute approximate surface area is 127 Å². The minimum Gasteiger partial charge on any atom is -0.445 e. The Balaban J connectivity index is 1.96. The van der Waals surface area contributed by atoms with Crippen LogP contribution in [0.4, 0.5) is 4.79 Å². The minimum absolute atomic E-state index is 0.0269. The molecule has 0 aromatic heterocycles. The maximum absolute atomic E-state index is 12.6. The molecule has 2 aliphatic rings. The van der Waals surface area contributed by atoms with Crippen LogP contribution in [0.15, 0.2) is 12.7 Å². The fourth-order valence-electron chi connectivity index (χ4n) is 3.34. The SMILES string of the molecule is C=CCOC(=O)N(C(=O)C[C]1CCCCC1)C1CCCC1. The average molecular weight is 292 g/mol. The zero-order valence-electron chi connectivity index (χ0n) is 12.8. The molecule has 0 unspecified atom stereocenters. The molecule has 0 N–H and O–H groups in total. The molecular formula is C17H26NO3. The van der Waals surface area contributed by atoms with E-state index in [0.29, 0.717) is 6.42 Å². The Morgan fingerprint density at radius 1 is 1.14 bits per heavy atom. The summed E-state index contributed by atoms with van der Waals surface area (Å²) in [6.07, 6.45) is 11.1. The minimum atomic E-state index is -0.497. The molecule has 0 saturated heterocycles. The largest absolute Gasteiger partial charge is 0.445 e. The van der Waals surface area contributed by atoms with Gasteiger partial charge in [-0.25, -0.2) is 9.69 Å². The predicted molar refractivity (Wildman–Crippen MR) is 81.6 cm³/mol. The number of hydrogen-bond donors (Lipinski definition) is 0. The van der Waals surface area contributed by atoms with Crippen LogP contribution in [0.25, 0.3) is 0 Å². The first kappa shape index (κ1) is 16.1. The average Bonchev–Trinajstić information content (AvgIpc) is 3.00. The third-order valence-corrected chi connectivity index (χ3v) is 4.44. The monoisotopic (exact) mass is 292 g/mol. The van der Waals surface area contributed by atoms with Crippen LogP contribution in [-0.4, -0.2) is 29.5 Å². The van der Waals surface area contributed by atoms with Gasteiger partial charge in [0, 0.05) is 12.5 Å². The van der Waals surface area contributed by atoms with Crippen molar-refractivity contribution in [3.63, 3.8) is 0 Å². The summed E-state index contributed by atoms with van der Waals surface area (Å²) in [6.45, 7) is 3.70. The number of carbonyl (C=O) groups excluding carboxylic acids is 2. The summed E-state index contributed by atoms with van der Waals surface area (Å²) in [4.78, 5) is 26.2. The number of nitrogens with zero attached hydrogens (tertiary/aromatic N) is 1. The molecule has 0 atom stereocenters. The summed E-state index contributed by atoms with van der Waals surface area (Å²) in [5.74, 6) is 1.22. The molecule has 4 heteroatoms. The molecule has 117 valence electrons. The summed E-state index contributed by atoms with van der Waals surface area (Å²) in [5, 5.41) is 0. The molecule has 2 aliphatic carbocycles. The third kappa shape index (κ3) is 4.58. The normalized spacial score (nSPS) is 20.2. The standard InChI is InChI=1S/C17H26NO3/c1-2-12-21-17(20)18(15-10-6-7-11-15)16(19)13-14-8-4-3-5-9-14/h2,15H,1,3-13H2. The van der Waals surface area contributed by atoms with Gasteiger partial charge in [0.05, 0.1) is 0 Å². The quantitative estimate of drug-likeness (QED) is 0.719. The predicted octanol–water partition coefficient (Wildman–Crippen LogP) is 4.01. The van der Waals surface area contributed by atoms with E-state index in [1.54, 1.807) is 0 Å². The smallest absolute Gasteiger partial charge is 0.417 e. The van der Waals surface area contributed by atoms with Crippen molar-refractivity contribution in [2.45, 2.75) is 70.3 Å². The zero-order valence-corrected chi connectivity index (χ0v) is 12.8. The van der Waals surface area contributed by atoms with Crippen molar-refractivity contribution in [2.24, 2.45) is 0 Å². The Kier molecular flexibility index (Phi) is 6.27. The van der Waals surface area contributed by atoms with Crippen molar-refractivity contribution >= 4 is 12.0 Å². The maximum atomic E-state index is 12.6. The van der Waals surface area contributed by atoms with Crippen LogP contribution in [-0.2, 0) is 9.53 Å². The summed E-state index contributed by atoms with van der Waals surface area (Å²) in [5.41, 5.74) is 0. The van der Waals surface area contributed by atoms with Gasteiger partial charge in [-0.1, -0.05) is 44.8 Å². The third-order valence-electron chi connectivity index (χ3n) is 4.44. The molecule has 0 bridgehead atoms. The second-order valence-corrected chi connectivity index (χ2v) is 6.06. The second kappa shape index (κ2) is 8.20. The Hall–Kier alpha value is -1.32. The lowest BCUT2D eigenvalue weighted by Gasteiger charge is -2.28. The molecule has 4 nitrogen and oxygen atoms in total. The zero-order chi connectivity index (χ0) is 15.1. The van der Waals surface area contributed by atoms with Crippen LogP contribution >= 0.6 is 0 Å². The van der Waals surface area contributed by atoms with Crippen LogP contribution in [0, 0.1) is 5.92 Å². The highest BCUT2D eigenvalue weighted by Crippen LogP contribution is 2.31. The lowest BCUT2D eigenvalue weighted by molar-refractivity contribution is -0.131. The topological polar surface area (TPSA) is 46.6 Å². The molecule has 0 aliphatic heterocycles. The fourth-order valence-corrected chi connectivity index (χ4v) is 3.34. The van der Waals surface area contributed by atoms with E-state index in [1.165, 1.54) is 36.2 Å². The molecule has 0 aromatic carbocycles. The van der Waals surface area contributed by atoms with E-state index < -0.39 is 6.09 Å². The van der Waals surface area contributed by atoms with Crippen molar-refractivity contribution in [2.75, 3.05) is 6.61 Å². The van der Waals surface area contributed by atoms with Crippen LogP contribution in [0.2, 0.25) is 0 Å². The molecule has 21 heavy (non-hydrogen) atoms. The molecule has 2 amide bonds. The van der Waals surface area contributed by atoms with Gasteiger partial charge in [0.2, 0.25) is 5.91 Å². The number of ether oxygens (including phenoxy) is 1. The van der Waals surface area contributed by atoms with E-state index >= 15 is 0 Å². The lowest BCUT2D eigenvalue weighted by atomic mass is 9.86. The number of imide groups is 1. The summed E-state index contributed by atoms with van der Waals surface area (Å²) in [7, 11) is 0. The number of rotatable bonds is 5. The van der Waals surface area contributed by atoms with Gasteiger partial charge in [-0.3, -0.25) is 4.79 Å². The van der Waals surface area contributed by atoms with Crippen molar-refractivity contribution in [1.82, 2.24) is 4.90 Å². The van der Waals surface area contributed by atoms with Crippen LogP contribution in [0.3, 0.4) is 0 Å². The molecule has 2 saturated carbocycles. The van der Waals surface area contributed by atoms with E-state index in [2.05, 4.69) is 6.58 Å². The van der Waals surface area contributed by atoms with E-state index in [9.17, 15) is 9.59 Å². The fraction of sp³-hybridized carbons (Fsp3) is 0.706. The highest BCUT2D eigenvalue weighted by Gasteiger charge is 2.34. The first-order valence-electron chi connectivity index (χ1n) is 8.15. The lowest BCUT2D eigenvalue weighted by Crippen LogP contribution is -2.44. The van der Waals surface area contributed by atoms with Crippen molar-refractivity contribution in [3.05, 3.63) is 18.6 Å². The Morgan fingerprint density at radius 2 is 1.81 bits per heavy atom. The van der Waals surface area contributed by atoms with Crippen molar-refractivity contribution < 1.29 is 14.3 Å². The van der Waals surface area contributed by atoms with Crippen molar-refractivity contribution in [3.8, 4) is 0 Å². The second-order valence-electron chi connectivity index (χ2n) is 6.06. The van der Waals surface area contributed by atoms with Gasteiger partial charge in [0.25, 0.3) is 0 Å². The summed E-state index contributed by atoms with van der Waals surface area (Å²) >= 11 is 0. The van der Waals surface area contributed by atoms with Crippen LogP contribution in [0.1, 0.15) is 64.2 Å². The van der Waals surface area contributed by atoms with Crippen molar-refractivity contribution in [1.29, 1.82) is 0 Å².